The van der Waals surface area contributed by atoms with Gasteiger partial charge < -0.3 is 9.47 Å². The number of nitrogens with zero attached hydrogens (tertiary/aromatic N) is 2. The summed E-state index contributed by atoms with van der Waals surface area (Å²) < 4.78 is 13.4. The van der Waals surface area contributed by atoms with E-state index in [1.165, 1.54) is 0 Å². The van der Waals surface area contributed by atoms with Gasteiger partial charge in [0.15, 0.2) is 16.5 Å². The van der Waals surface area contributed by atoms with Crippen molar-refractivity contribution in [3.63, 3.8) is 0 Å². The van der Waals surface area contributed by atoms with Crippen molar-refractivity contribution in [1.82, 2.24) is 9.38 Å². The van der Waals surface area contributed by atoms with E-state index in [1.807, 2.05) is 40.4 Å². The van der Waals surface area contributed by atoms with E-state index in [1.54, 1.807) is 11.3 Å². The summed E-state index contributed by atoms with van der Waals surface area (Å²) in [5.41, 5.74) is 2.02. The standard InChI is InChI=1S/C14H12N2O2S/c1-5-17-12-3-2-10(8-13(12)18-6-1)11-9-16-4-7-19-14(16)15-11/h2-4,7-9H,1,5-6H2. The molecule has 0 saturated carbocycles. The largest absolute Gasteiger partial charge is 0.490 e. The van der Waals surface area contributed by atoms with Crippen molar-refractivity contribution in [3.8, 4) is 22.8 Å². The second-order valence-electron chi connectivity index (χ2n) is 4.43. The average molecular weight is 272 g/mol. The van der Waals surface area contributed by atoms with Gasteiger partial charge in [0, 0.05) is 29.8 Å². The third kappa shape index (κ3) is 1.86. The number of benzene rings is 1. The molecule has 1 aliphatic heterocycles. The van der Waals surface area contributed by atoms with Gasteiger partial charge in [-0.2, -0.15) is 0 Å². The monoisotopic (exact) mass is 272 g/mol. The van der Waals surface area contributed by atoms with Crippen molar-refractivity contribution in [2.75, 3.05) is 13.2 Å². The fourth-order valence-electron chi connectivity index (χ4n) is 2.19. The Labute approximate surface area is 114 Å². The Kier molecular flexibility index (Phi) is 2.45. The van der Waals surface area contributed by atoms with Gasteiger partial charge in [-0.05, 0) is 18.2 Å². The minimum absolute atomic E-state index is 0.703. The molecule has 0 aliphatic carbocycles. The third-order valence-electron chi connectivity index (χ3n) is 3.14. The lowest BCUT2D eigenvalue weighted by Crippen LogP contribution is -1.97. The van der Waals surface area contributed by atoms with Gasteiger partial charge in [0.2, 0.25) is 0 Å². The highest BCUT2D eigenvalue weighted by atomic mass is 32.1. The van der Waals surface area contributed by atoms with Crippen molar-refractivity contribution in [3.05, 3.63) is 36.0 Å². The molecule has 4 nitrogen and oxygen atoms in total. The maximum atomic E-state index is 5.71. The first-order valence-electron chi connectivity index (χ1n) is 6.22. The number of imidazole rings is 1. The second kappa shape index (κ2) is 4.28. The average Bonchev–Trinajstić information content (AvgIpc) is 2.93. The lowest BCUT2D eigenvalue weighted by atomic mass is 10.1. The molecule has 0 fully saturated rings. The van der Waals surface area contributed by atoms with Crippen molar-refractivity contribution in [2.45, 2.75) is 6.42 Å². The van der Waals surface area contributed by atoms with Crippen LogP contribution in [0, 0.1) is 0 Å². The maximum Gasteiger partial charge on any atom is 0.194 e. The second-order valence-corrected chi connectivity index (χ2v) is 5.30. The van der Waals surface area contributed by atoms with Crippen LogP contribution in [0.1, 0.15) is 6.42 Å². The number of hydrogen-bond acceptors (Lipinski definition) is 4. The molecule has 4 rings (SSSR count). The fourth-order valence-corrected chi connectivity index (χ4v) is 2.89. The summed E-state index contributed by atoms with van der Waals surface area (Å²) in [7, 11) is 0. The van der Waals surface area contributed by atoms with E-state index in [-0.39, 0.29) is 0 Å². The molecular weight excluding hydrogens is 260 g/mol. The highest BCUT2D eigenvalue weighted by Crippen LogP contribution is 2.34. The van der Waals surface area contributed by atoms with E-state index in [4.69, 9.17) is 9.47 Å². The van der Waals surface area contributed by atoms with Crippen LogP contribution < -0.4 is 9.47 Å². The molecule has 1 aromatic carbocycles. The van der Waals surface area contributed by atoms with E-state index in [2.05, 4.69) is 4.98 Å². The summed E-state index contributed by atoms with van der Waals surface area (Å²) in [4.78, 5) is 5.60. The summed E-state index contributed by atoms with van der Waals surface area (Å²) in [5, 5.41) is 2.03. The first-order chi connectivity index (χ1) is 9.40. The van der Waals surface area contributed by atoms with Crippen molar-refractivity contribution >= 4 is 16.3 Å². The molecular formula is C14H12N2O2S. The molecule has 0 unspecified atom stereocenters. The first-order valence-corrected chi connectivity index (χ1v) is 7.10. The molecule has 0 saturated heterocycles. The molecule has 2 aromatic heterocycles. The third-order valence-corrected chi connectivity index (χ3v) is 3.91. The number of thiazole rings is 1. The van der Waals surface area contributed by atoms with Crippen LogP contribution in [0.3, 0.4) is 0 Å². The molecule has 0 N–H and O–H groups in total. The van der Waals surface area contributed by atoms with Gasteiger partial charge in [-0.25, -0.2) is 4.98 Å². The Hall–Kier alpha value is -2.01. The molecule has 0 amide bonds. The van der Waals surface area contributed by atoms with Crippen molar-refractivity contribution in [2.24, 2.45) is 0 Å². The molecule has 1 aliphatic rings. The van der Waals surface area contributed by atoms with Crippen LogP contribution in [0.4, 0.5) is 0 Å². The summed E-state index contributed by atoms with van der Waals surface area (Å²) in [6, 6.07) is 6.00. The number of hydrogen-bond donors (Lipinski definition) is 0. The van der Waals surface area contributed by atoms with Crippen molar-refractivity contribution in [1.29, 1.82) is 0 Å². The molecule has 19 heavy (non-hydrogen) atoms. The molecule has 5 heteroatoms. The fraction of sp³-hybridized carbons (Fsp3) is 0.214. The Balaban J connectivity index is 1.78. The van der Waals surface area contributed by atoms with Crippen LogP contribution in [0.25, 0.3) is 16.2 Å². The van der Waals surface area contributed by atoms with Gasteiger partial charge in [0.05, 0.1) is 18.9 Å². The minimum atomic E-state index is 0.703. The zero-order valence-corrected chi connectivity index (χ0v) is 11.0. The predicted octanol–water partition coefficient (Wildman–Crippen LogP) is 3.22. The van der Waals surface area contributed by atoms with Gasteiger partial charge in [0.1, 0.15) is 0 Å². The van der Waals surface area contributed by atoms with Crippen LogP contribution in [0.5, 0.6) is 11.5 Å². The number of ether oxygens (including phenoxy) is 2. The Morgan fingerprint density at radius 1 is 1.16 bits per heavy atom. The Morgan fingerprint density at radius 3 is 2.95 bits per heavy atom. The maximum absolute atomic E-state index is 5.71. The quantitative estimate of drug-likeness (QED) is 0.682. The summed E-state index contributed by atoms with van der Waals surface area (Å²) in [6.45, 7) is 1.42. The molecule has 96 valence electrons. The predicted molar refractivity (Wildman–Crippen MR) is 74.1 cm³/mol. The highest BCUT2D eigenvalue weighted by molar-refractivity contribution is 7.15. The van der Waals surface area contributed by atoms with E-state index in [0.717, 1.165) is 34.1 Å². The lowest BCUT2D eigenvalue weighted by Gasteiger charge is -2.07. The van der Waals surface area contributed by atoms with E-state index >= 15 is 0 Å². The first kappa shape index (κ1) is 10.9. The topological polar surface area (TPSA) is 35.8 Å². The van der Waals surface area contributed by atoms with Gasteiger partial charge >= 0.3 is 0 Å². The zero-order chi connectivity index (χ0) is 12.7. The van der Waals surface area contributed by atoms with E-state index in [0.29, 0.717) is 13.2 Å². The number of rotatable bonds is 1. The SMILES string of the molecule is c1cn2cc(-c3ccc4c(c3)OCCCO4)nc2s1. The number of aromatic nitrogens is 2. The minimum Gasteiger partial charge on any atom is -0.490 e. The summed E-state index contributed by atoms with van der Waals surface area (Å²) in [6.07, 6.45) is 4.97. The van der Waals surface area contributed by atoms with Crippen molar-refractivity contribution < 1.29 is 9.47 Å². The number of fused-ring (bicyclic) bond motifs is 2. The van der Waals surface area contributed by atoms with E-state index in [9.17, 15) is 0 Å². The summed E-state index contributed by atoms with van der Waals surface area (Å²) >= 11 is 1.63. The van der Waals surface area contributed by atoms with Crippen LogP contribution >= 0.6 is 11.3 Å². The van der Waals surface area contributed by atoms with E-state index < -0.39 is 0 Å². The van der Waals surface area contributed by atoms with Gasteiger partial charge in [-0.1, -0.05) is 0 Å². The normalized spacial score (nSPS) is 14.5. The highest BCUT2D eigenvalue weighted by Gasteiger charge is 2.13. The molecule has 0 atom stereocenters. The van der Waals surface area contributed by atoms with Crippen LogP contribution in [0.2, 0.25) is 0 Å². The van der Waals surface area contributed by atoms with Crippen LogP contribution in [0.15, 0.2) is 36.0 Å². The zero-order valence-electron chi connectivity index (χ0n) is 10.2. The smallest absolute Gasteiger partial charge is 0.194 e. The van der Waals surface area contributed by atoms with Gasteiger partial charge in [-0.3, -0.25) is 4.40 Å². The van der Waals surface area contributed by atoms with Crippen LogP contribution in [-0.2, 0) is 0 Å². The lowest BCUT2D eigenvalue weighted by molar-refractivity contribution is 0.297. The molecule has 0 radical (unpaired) electrons. The molecule has 0 bridgehead atoms. The van der Waals surface area contributed by atoms with Gasteiger partial charge in [0.25, 0.3) is 0 Å². The molecule has 3 aromatic rings. The molecule has 0 spiro atoms. The Morgan fingerprint density at radius 2 is 2.05 bits per heavy atom. The molecule has 3 heterocycles. The van der Waals surface area contributed by atoms with Crippen LogP contribution in [-0.4, -0.2) is 22.6 Å². The van der Waals surface area contributed by atoms with Gasteiger partial charge in [-0.15, -0.1) is 11.3 Å². The Bertz CT molecular complexity index is 703. The summed E-state index contributed by atoms with van der Waals surface area (Å²) in [5.74, 6) is 1.63.